The minimum Gasteiger partial charge on any atom is -0.490 e. The number of rotatable bonds is 6. The molecule has 0 atom stereocenters. The van der Waals surface area contributed by atoms with Crippen molar-refractivity contribution in [3.63, 3.8) is 0 Å². The molecule has 2 aliphatic carbocycles. The van der Waals surface area contributed by atoms with Crippen LogP contribution >= 0.6 is 0 Å². The van der Waals surface area contributed by atoms with Gasteiger partial charge in [-0.3, -0.25) is 4.79 Å². The third-order valence-electron chi connectivity index (χ3n) is 5.17. The third kappa shape index (κ3) is 4.87. The van der Waals surface area contributed by atoms with Gasteiger partial charge < -0.3 is 20.5 Å². The monoisotopic (exact) mass is 346 g/mol. The van der Waals surface area contributed by atoms with Crippen LogP contribution in [0.4, 0.5) is 4.79 Å². The Bertz CT molecular complexity index is 607. The average Bonchev–Trinajstić information content (AvgIpc) is 2.57. The van der Waals surface area contributed by atoms with E-state index in [4.69, 9.17) is 9.84 Å². The molecule has 1 aromatic rings. The van der Waals surface area contributed by atoms with Gasteiger partial charge in [-0.2, -0.15) is 0 Å². The summed E-state index contributed by atoms with van der Waals surface area (Å²) in [6.07, 6.45) is 6.40. The lowest BCUT2D eigenvalue weighted by Gasteiger charge is -2.28. The van der Waals surface area contributed by atoms with Gasteiger partial charge in [-0.1, -0.05) is 18.2 Å². The number of hydrogen-bond acceptors (Lipinski definition) is 3. The molecule has 1 aromatic carbocycles. The van der Waals surface area contributed by atoms with Gasteiger partial charge in [0.25, 0.3) is 0 Å². The first-order chi connectivity index (χ1) is 12.1. The molecule has 6 heteroatoms. The summed E-state index contributed by atoms with van der Waals surface area (Å²) in [5, 5.41) is 14.8. The molecule has 2 saturated carbocycles. The van der Waals surface area contributed by atoms with E-state index in [1.165, 1.54) is 6.42 Å². The van der Waals surface area contributed by atoms with Gasteiger partial charge in [0.2, 0.25) is 0 Å². The summed E-state index contributed by atoms with van der Waals surface area (Å²) in [5.41, 5.74) is 0.971. The van der Waals surface area contributed by atoms with Gasteiger partial charge in [0, 0.05) is 18.2 Å². The molecule has 0 radical (unpaired) electrons. The van der Waals surface area contributed by atoms with Crippen LogP contribution in [0.25, 0.3) is 0 Å². The molecule has 25 heavy (non-hydrogen) atoms. The fourth-order valence-electron chi connectivity index (χ4n) is 3.33. The van der Waals surface area contributed by atoms with E-state index in [1.807, 2.05) is 24.3 Å². The summed E-state index contributed by atoms with van der Waals surface area (Å²) in [7, 11) is 0. The number of carboxylic acids is 1. The number of carbonyl (C=O) groups excluding carboxylic acids is 1. The van der Waals surface area contributed by atoms with Crippen LogP contribution in [0.15, 0.2) is 24.3 Å². The number of para-hydroxylation sites is 1. The van der Waals surface area contributed by atoms with Gasteiger partial charge in [-0.15, -0.1) is 0 Å². The highest BCUT2D eigenvalue weighted by atomic mass is 16.5. The van der Waals surface area contributed by atoms with Gasteiger partial charge in [-0.25, -0.2) is 4.79 Å². The lowest BCUT2D eigenvalue weighted by atomic mass is 9.86. The maximum atomic E-state index is 12.1. The summed E-state index contributed by atoms with van der Waals surface area (Å²) < 4.78 is 5.97. The maximum Gasteiger partial charge on any atom is 0.315 e. The average molecular weight is 346 g/mol. The van der Waals surface area contributed by atoms with Crippen molar-refractivity contribution >= 4 is 12.0 Å². The summed E-state index contributed by atoms with van der Waals surface area (Å²) >= 11 is 0. The van der Waals surface area contributed by atoms with E-state index in [2.05, 4.69) is 10.6 Å². The van der Waals surface area contributed by atoms with Crippen LogP contribution in [-0.2, 0) is 11.3 Å². The highest BCUT2D eigenvalue weighted by Gasteiger charge is 2.26. The molecule has 2 aliphatic rings. The fraction of sp³-hybridized carbons (Fsp3) is 0.579. The van der Waals surface area contributed by atoms with Crippen LogP contribution in [0, 0.1) is 5.92 Å². The highest BCUT2D eigenvalue weighted by Crippen LogP contribution is 2.27. The van der Waals surface area contributed by atoms with Crippen molar-refractivity contribution in [2.24, 2.45) is 5.92 Å². The molecule has 6 nitrogen and oxygen atoms in total. The molecular formula is C19H26N2O4. The zero-order valence-electron chi connectivity index (χ0n) is 14.4. The molecule has 136 valence electrons. The lowest BCUT2D eigenvalue weighted by Crippen LogP contribution is -2.44. The predicted molar refractivity (Wildman–Crippen MR) is 93.5 cm³/mol. The molecular weight excluding hydrogens is 320 g/mol. The second-order valence-electron chi connectivity index (χ2n) is 6.99. The Hall–Kier alpha value is -2.24. The number of carboxylic acid groups (broad SMARTS) is 1. The van der Waals surface area contributed by atoms with Crippen LogP contribution in [0.5, 0.6) is 5.75 Å². The fourth-order valence-corrected chi connectivity index (χ4v) is 3.33. The summed E-state index contributed by atoms with van der Waals surface area (Å²) in [4.78, 5) is 23.1. The van der Waals surface area contributed by atoms with Crippen molar-refractivity contribution in [3.8, 4) is 5.75 Å². The van der Waals surface area contributed by atoms with E-state index in [0.717, 1.165) is 24.2 Å². The molecule has 0 aliphatic heterocycles. The number of benzene rings is 1. The zero-order valence-corrected chi connectivity index (χ0v) is 14.4. The van der Waals surface area contributed by atoms with E-state index >= 15 is 0 Å². The largest absolute Gasteiger partial charge is 0.490 e. The Morgan fingerprint density at radius 1 is 1.08 bits per heavy atom. The van der Waals surface area contributed by atoms with Crippen molar-refractivity contribution < 1.29 is 19.4 Å². The van der Waals surface area contributed by atoms with Gasteiger partial charge in [-0.05, 0) is 51.0 Å². The van der Waals surface area contributed by atoms with E-state index in [0.29, 0.717) is 38.3 Å². The highest BCUT2D eigenvalue weighted by molar-refractivity contribution is 5.74. The van der Waals surface area contributed by atoms with E-state index < -0.39 is 5.97 Å². The molecule has 3 rings (SSSR count). The number of nitrogens with one attached hydrogen (secondary N) is 2. The van der Waals surface area contributed by atoms with Crippen LogP contribution in [0.2, 0.25) is 0 Å². The van der Waals surface area contributed by atoms with E-state index in [9.17, 15) is 9.59 Å². The van der Waals surface area contributed by atoms with Crippen molar-refractivity contribution in [3.05, 3.63) is 29.8 Å². The van der Waals surface area contributed by atoms with E-state index in [1.54, 1.807) is 0 Å². The lowest BCUT2D eigenvalue weighted by molar-refractivity contribution is -0.142. The number of aliphatic carboxylic acids is 1. The second-order valence-corrected chi connectivity index (χ2v) is 6.99. The van der Waals surface area contributed by atoms with Crippen molar-refractivity contribution in [1.82, 2.24) is 10.6 Å². The summed E-state index contributed by atoms with van der Waals surface area (Å²) in [6, 6.07) is 7.63. The third-order valence-corrected chi connectivity index (χ3v) is 5.17. The van der Waals surface area contributed by atoms with Crippen LogP contribution in [0.3, 0.4) is 0 Å². The SMILES string of the molecule is O=C(NCc1ccccc1OC1CCC1)NC1CCC(C(=O)O)CC1. The summed E-state index contributed by atoms with van der Waals surface area (Å²) in [5.74, 6) is -0.155. The molecule has 0 spiro atoms. The Labute approximate surface area is 147 Å². The van der Waals surface area contributed by atoms with Crippen LogP contribution in [0.1, 0.15) is 50.5 Å². The molecule has 0 saturated heterocycles. The standard InChI is InChI=1S/C19H26N2O4/c22-18(23)13-8-10-15(11-9-13)21-19(24)20-12-14-4-1-2-7-17(14)25-16-5-3-6-16/h1-2,4,7,13,15-16H,3,5-6,8-12H2,(H,22,23)(H2,20,21,24). The molecule has 0 unspecified atom stereocenters. The van der Waals surface area contributed by atoms with Crippen LogP contribution < -0.4 is 15.4 Å². The number of ether oxygens (including phenoxy) is 1. The van der Waals surface area contributed by atoms with Crippen molar-refractivity contribution in [1.29, 1.82) is 0 Å². The Kier molecular flexibility index (Phi) is 5.79. The van der Waals surface area contributed by atoms with Gasteiger partial charge in [0.1, 0.15) is 5.75 Å². The molecule has 0 bridgehead atoms. The topological polar surface area (TPSA) is 87.7 Å². The molecule has 0 heterocycles. The second kappa shape index (κ2) is 8.23. The molecule has 2 amide bonds. The first-order valence-corrected chi connectivity index (χ1v) is 9.13. The molecule has 3 N–H and O–H groups in total. The van der Waals surface area contributed by atoms with Crippen LogP contribution in [-0.4, -0.2) is 29.3 Å². The Balaban J connectivity index is 1.44. The van der Waals surface area contributed by atoms with Gasteiger partial charge in [0.05, 0.1) is 12.0 Å². The summed E-state index contributed by atoms with van der Waals surface area (Å²) in [6.45, 7) is 0.416. The first kappa shape index (κ1) is 17.6. The Morgan fingerprint density at radius 3 is 2.44 bits per heavy atom. The molecule has 2 fully saturated rings. The zero-order chi connectivity index (χ0) is 17.6. The quantitative estimate of drug-likeness (QED) is 0.739. The number of amides is 2. The van der Waals surface area contributed by atoms with Crippen molar-refractivity contribution in [2.45, 2.75) is 63.6 Å². The first-order valence-electron chi connectivity index (χ1n) is 9.13. The predicted octanol–water partition coefficient (Wildman–Crippen LogP) is 3.06. The maximum absolute atomic E-state index is 12.1. The number of carbonyl (C=O) groups is 2. The minimum absolute atomic E-state index is 0.0528. The smallest absolute Gasteiger partial charge is 0.315 e. The van der Waals surface area contributed by atoms with Gasteiger partial charge in [0.15, 0.2) is 0 Å². The number of urea groups is 1. The normalized spacial score (nSPS) is 23.4. The minimum atomic E-state index is -0.731. The Morgan fingerprint density at radius 2 is 1.80 bits per heavy atom. The van der Waals surface area contributed by atoms with E-state index in [-0.39, 0.29) is 18.0 Å². The van der Waals surface area contributed by atoms with Gasteiger partial charge >= 0.3 is 12.0 Å². The number of hydrogen-bond donors (Lipinski definition) is 3. The molecule has 0 aromatic heterocycles. The van der Waals surface area contributed by atoms with Crippen molar-refractivity contribution in [2.75, 3.05) is 0 Å².